The molecule has 0 aliphatic heterocycles. The highest BCUT2D eigenvalue weighted by Crippen LogP contribution is 2.24. The van der Waals surface area contributed by atoms with Crippen molar-refractivity contribution < 1.29 is 19.1 Å². The third-order valence-electron chi connectivity index (χ3n) is 2.82. The number of hydrazone groups is 1. The van der Waals surface area contributed by atoms with E-state index in [9.17, 15) is 14.4 Å². The maximum Gasteiger partial charge on any atom is 0.329 e. The van der Waals surface area contributed by atoms with Gasteiger partial charge in [-0.3, -0.25) is 14.4 Å². The molecule has 8 nitrogen and oxygen atoms in total. The van der Waals surface area contributed by atoms with E-state index in [2.05, 4.69) is 15.8 Å². The van der Waals surface area contributed by atoms with Crippen LogP contribution in [0.15, 0.2) is 23.3 Å². The predicted molar refractivity (Wildman–Crippen MR) is 83.0 cm³/mol. The van der Waals surface area contributed by atoms with Gasteiger partial charge >= 0.3 is 11.8 Å². The van der Waals surface area contributed by atoms with E-state index in [0.717, 1.165) is 12.8 Å². The molecule has 0 heterocycles. The van der Waals surface area contributed by atoms with Crippen LogP contribution in [0, 0.1) is 0 Å². The van der Waals surface area contributed by atoms with Gasteiger partial charge in [0.25, 0.3) is 5.91 Å². The highest BCUT2D eigenvalue weighted by Gasteiger charge is 2.26. The second kappa shape index (κ2) is 7.59. The van der Waals surface area contributed by atoms with Gasteiger partial charge in [-0.15, -0.1) is 0 Å². The monoisotopic (exact) mass is 338 g/mol. The number of nitrogens with one attached hydrogen (secondary N) is 2. The quantitative estimate of drug-likeness (QED) is 0.381. The minimum Gasteiger partial charge on any atom is -0.482 e. The van der Waals surface area contributed by atoms with Crippen molar-refractivity contribution in [1.29, 1.82) is 0 Å². The number of halogens is 1. The molecule has 0 saturated heterocycles. The van der Waals surface area contributed by atoms with Crippen LogP contribution >= 0.6 is 11.6 Å². The molecule has 1 aliphatic carbocycles. The number of rotatable bonds is 6. The zero-order chi connectivity index (χ0) is 16.8. The SMILES string of the molecule is NC(=O)COc1ccc(/C=N\NC(=O)C(=O)NC2CC2)cc1Cl. The van der Waals surface area contributed by atoms with Gasteiger partial charge in [0.1, 0.15) is 5.75 Å². The first kappa shape index (κ1) is 16.8. The van der Waals surface area contributed by atoms with Crippen LogP contribution in [0.4, 0.5) is 0 Å². The van der Waals surface area contributed by atoms with Crippen molar-refractivity contribution >= 4 is 35.5 Å². The average molecular weight is 339 g/mol. The fourth-order valence-electron chi connectivity index (χ4n) is 1.56. The van der Waals surface area contributed by atoms with Gasteiger partial charge in [0, 0.05) is 6.04 Å². The van der Waals surface area contributed by atoms with E-state index >= 15 is 0 Å². The van der Waals surface area contributed by atoms with Crippen molar-refractivity contribution in [3.63, 3.8) is 0 Å². The number of nitrogens with zero attached hydrogens (tertiary/aromatic N) is 1. The van der Waals surface area contributed by atoms with Gasteiger partial charge in [0.15, 0.2) is 6.61 Å². The second-order valence-electron chi connectivity index (χ2n) is 4.89. The van der Waals surface area contributed by atoms with Gasteiger partial charge in [0.2, 0.25) is 0 Å². The topological polar surface area (TPSA) is 123 Å². The van der Waals surface area contributed by atoms with Crippen molar-refractivity contribution in [2.24, 2.45) is 10.8 Å². The van der Waals surface area contributed by atoms with Gasteiger partial charge in [-0.1, -0.05) is 11.6 Å². The average Bonchev–Trinajstić information content (AvgIpc) is 3.30. The van der Waals surface area contributed by atoms with Crippen molar-refractivity contribution in [2.45, 2.75) is 18.9 Å². The minimum atomic E-state index is -0.833. The summed E-state index contributed by atoms with van der Waals surface area (Å²) in [6, 6.07) is 4.78. The molecule has 0 spiro atoms. The Bertz CT molecular complexity index is 658. The van der Waals surface area contributed by atoms with Gasteiger partial charge < -0.3 is 15.8 Å². The fourth-order valence-corrected chi connectivity index (χ4v) is 1.80. The molecule has 1 aliphatic rings. The molecule has 1 aromatic carbocycles. The molecular formula is C14H15ClN4O4. The largest absolute Gasteiger partial charge is 0.482 e. The molecule has 0 atom stereocenters. The summed E-state index contributed by atoms with van der Waals surface area (Å²) in [5.74, 6) is -1.85. The van der Waals surface area contributed by atoms with Crippen LogP contribution in [0.25, 0.3) is 0 Å². The maximum absolute atomic E-state index is 11.4. The molecule has 1 fully saturated rings. The first-order chi connectivity index (χ1) is 11.0. The van der Waals surface area contributed by atoms with E-state index in [4.69, 9.17) is 22.1 Å². The Morgan fingerprint density at radius 1 is 1.35 bits per heavy atom. The molecule has 9 heteroatoms. The number of ether oxygens (including phenoxy) is 1. The number of hydrogen-bond acceptors (Lipinski definition) is 5. The molecule has 23 heavy (non-hydrogen) atoms. The second-order valence-corrected chi connectivity index (χ2v) is 5.30. The lowest BCUT2D eigenvalue weighted by molar-refractivity contribution is -0.139. The molecular weight excluding hydrogens is 324 g/mol. The summed E-state index contributed by atoms with van der Waals surface area (Å²) in [5, 5.41) is 6.48. The summed E-state index contributed by atoms with van der Waals surface area (Å²) in [6.45, 7) is -0.278. The van der Waals surface area contributed by atoms with E-state index in [1.54, 1.807) is 6.07 Å². The molecule has 0 radical (unpaired) electrons. The van der Waals surface area contributed by atoms with E-state index in [-0.39, 0.29) is 17.7 Å². The summed E-state index contributed by atoms with van der Waals surface area (Å²) < 4.78 is 5.10. The zero-order valence-corrected chi connectivity index (χ0v) is 12.8. The number of primary amides is 1. The number of amides is 3. The van der Waals surface area contributed by atoms with E-state index in [1.165, 1.54) is 18.3 Å². The van der Waals surface area contributed by atoms with Crippen LogP contribution < -0.4 is 21.2 Å². The predicted octanol–water partition coefficient (Wildman–Crippen LogP) is -0.0672. The molecule has 3 amide bonds. The van der Waals surface area contributed by atoms with E-state index in [1.807, 2.05) is 0 Å². The maximum atomic E-state index is 11.4. The highest BCUT2D eigenvalue weighted by atomic mass is 35.5. The molecule has 1 saturated carbocycles. The third kappa shape index (κ3) is 5.59. The van der Waals surface area contributed by atoms with Crippen LogP contribution in [-0.4, -0.2) is 36.6 Å². The van der Waals surface area contributed by atoms with Gasteiger partial charge in [0.05, 0.1) is 11.2 Å². The molecule has 122 valence electrons. The van der Waals surface area contributed by atoms with Crippen molar-refractivity contribution in [3.8, 4) is 5.75 Å². The fraction of sp³-hybridized carbons (Fsp3) is 0.286. The van der Waals surface area contributed by atoms with Crippen molar-refractivity contribution in [1.82, 2.24) is 10.7 Å². The summed E-state index contributed by atoms with van der Waals surface area (Å²) >= 11 is 5.98. The van der Waals surface area contributed by atoms with Crippen molar-refractivity contribution in [3.05, 3.63) is 28.8 Å². The first-order valence-electron chi connectivity index (χ1n) is 6.80. The zero-order valence-electron chi connectivity index (χ0n) is 12.0. The molecule has 0 bridgehead atoms. The van der Waals surface area contributed by atoms with Crippen LogP contribution in [0.5, 0.6) is 5.75 Å². The standard InChI is InChI=1S/C14H15ClN4O4/c15-10-5-8(1-4-11(10)23-7-12(16)20)6-17-19-14(22)13(21)18-9-2-3-9/h1,4-6,9H,2-3,7H2,(H2,16,20)(H,18,21)(H,19,22)/b17-6-. The Balaban J connectivity index is 1.86. The van der Waals surface area contributed by atoms with Crippen LogP contribution in [0.1, 0.15) is 18.4 Å². The number of hydrogen-bond donors (Lipinski definition) is 3. The Morgan fingerprint density at radius 2 is 2.09 bits per heavy atom. The summed E-state index contributed by atoms with van der Waals surface area (Å²) in [4.78, 5) is 33.5. The van der Waals surface area contributed by atoms with Crippen LogP contribution in [0.2, 0.25) is 5.02 Å². The van der Waals surface area contributed by atoms with Gasteiger partial charge in [-0.25, -0.2) is 5.43 Å². The van der Waals surface area contributed by atoms with E-state index in [0.29, 0.717) is 11.3 Å². The lowest BCUT2D eigenvalue weighted by atomic mass is 10.2. The van der Waals surface area contributed by atoms with Gasteiger partial charge in [-0.2, -0.15) is 5.10 Å². The minimum absolute atomic E-state index is 0.101. The Hall–Kier alpha value is -2.61. The molecule has 0 aromatic heterocycles. The third-order valence-corrected chi connectivity index (χ3v) is 3.12. The van der Waals surface area contributed by atoms with Gasteiger partial charge in [-0.05, 0) is 36.6 Å². The highest BCUT2D eigenvalue weighted by molar-refractivity contribution is 6.35. The number of nitrogens with two attached hydrogens (primary N) is 1. The molecule has 2 rings (SSSR count). The number of carbonyl (C=O) groups is 3. The Kier molecular flexibility index (Phi) is 5.53. The summed E-state index contributed by atoms with van der Waals surface area (Å²) in [7, 11) is 0. The summed E-state index contributed by atoms with van der Waals surface area (Å²) in [6.07, 6.45) is 3.11. The lowest BCUT2D eigenvalue weighted by Crippen LogP contribution is -2.38. The Labute approximate surface area is 137 Å². The van der Waals surface area contributed by atoms with Crippen molar-refractivity contribution in [2.75, 3.05) is 6.61 Å². The van der Waals surface area contributed by atoms with Crippen LogP contribution in [0.3, 0.4) is 0 Å². The lowest BCUT2D eigenvalue weighted by Gasteiger charge is -2.06. The first-order valence-corrected chi connectivity index (χ1v) is 7.18. The molecule has 0 unspecified atom stereocenters. The number of carbonyl (C=O) groups excluding carboxylic acids is 3. The molecule has 1 aromatic rings. The Morgan fingerprint density at radius 3 is 2.70 bits per heavy atom. The smallest absolute Gasteiger partial charge is 0.329 e. The number of benzene rings is 1. The summed E-state index contributed by atoms with van der Waals surface area (Å²) in [5.41, 5.74) is 7.67. The van der Waals surface area contributed by atoms with E-state index < -0.39 is 17.7 Å². The normalized spacial score (nSPS) is 13.6. The van der Waals surface area contributed by atoms with Crippen LogP contribution in [-0.2, 0) is 14.4 Å². The molecule has 4 N–H and O–H groups in total.